The van der Waals surface area contributed by atoms with Crippen molar-refractivity contribution in [2.75, 3.05) is 18.9 Å². The number of halogens is 1. The zero-order valence-corrected chi connectivity index (χ0v) is 11.1. The summed E-state index contributed by atoms with van der Waals surface area (Å²) in [6, 6.07) is 3.41. The second kappa shape index (κ2) is 6.12. The molecule has 3 N–H and O–H groups in total. The molecule has 7 heteroatoms. The summed E-state index contributed by atoms with van der Waals surface area (Å²) in [6.45, 7) is 3.98. The van der Waals surface area contributed by atoms with Crippen molar-refractivity contribution in [3.63, 3.8) is 0 Å². The molecule has 0 saturated carbocycles. The molecule has 18 heavy (non-hydrogen) atoms. The molecule has 0 saturated heterocycles. The Morgan fingerprint density at radius 1 is 1.44 bits per heavy atom. The van der Waals surface area contributed by atoms with Crippen LogP contribution in [-0.4, -0.2) is 27.7 Å². The predicted molar refractivity (Wildman–Crippen MR) is 67.1 cm³/mol. The lowest BCUT2D eigenvalue weighted by atomic mass is 10.3. The van der Waals surface area contributed by atoms with Gasteiger partial charge in [-0.15, -0.1) is 0 Å². The first kappa shape index (κ1) is 14.9. The van der Waals surface area contributed by atoms with Gasteiger partial charge in [0.25, 0.3) is 0 Å². The fourth-order valence-electron chi connectivity index (χ4n) is 1.27. The van der Waals surface area contributed by atoms with Crippen LogP contribution in [0.25, 0.3) is 0 Å². The Morgan fingerprint density at radius 2 is 2.11 bits per heavy atom. The third-order valence-corrected chi connectivity index (χ3v) is 3.57. The fraction of sp³-hybridized carbons (Fsp3) is 0.455. The molecule has 0 atom stereocenters. The summed E-state index contributed by atoms with van der Waals surface area (Å²) in [4.78, 5) is -0.452. The molecule has 0 bridgehead atoms. The monoisotopic (exact) mass is 276 g/mol. The van der Waals surface area contributed by atoms with Crippen LogP contribution in [0, 0.1) is 5.82 Å². The molecule has 5 nitrogen and oxygen atoms in total. The Morgan fingerprint density at radius 3 is 2.72 bits per heavy atom. The molecule has 0 aliphatic heterocycles. The van der Waals surface area contributed by atoms with E-state index >= 15 is 0 Å². The fourth-order valence-corrected chi connectivity index (χ4v) is 2.40. The average molecular weight is 276 g/mol. The first-order valence-corrected chi connectivity index (χ1v) is 6.97. The van der Waals surface area contributed by atoms with Crippen LogP contribution < -0.4 is 10.5 Å². The van der Waals surface area contributed by atoms with E-state index in [1.807, 2.05) is 13.8 Å². The van der Waals surface area contributed by atoms with E-state index in [4.69, 9.17) is 10.5 Å². The number of ether oxygens (including phenoxy) is 1. The van der Waals surface area contributed by atoms with E-state index in [0.717, 1.165) is 12.1 Å². The van der Waals surface area contributed by atoms with Crippen LogP contribution in [0.2, 0.25) is 0 Å². The normalized spacial score (nSPS) is 12.0. The van der Waals surface area contributed by atoms with Crippen molar-refractivity contribution in [1.82, 2.24) is 4.72 Å². The Hall–Kier alpha value is -1.18. The van der Waals surface area contributed by atoms with Crippen molar-refractivity contribution in [3.8, 4) is 0 Å². The highest BCUT2D eigenvalue weighted by Crippen LogP contribution is 2.17. The van der Waals surface area contributed by atoms with Gasteiger partial charge in [-0.1, -0.05) is 0 Å². The molecule has 0 aliphatic carbocycles. The number of rotatable bonds is 6. The van der Waals surface area contributed by atoms with E-state index in [-0.39, 0.29) is 24.9 Å². The topological polar surface area (TPSA) is 81.4 Å². The van der Waals surface area contributed by atoms with Gasteiger partial charge in [0, 0.05) is 12.2 Å². The molecule has 0 fully saturated rings. The summed E-state index contributed by atoms with van der Waals surface area (Å²) in [5.74, 6) is -0.832. The van der Waals surface area contributed by atoms with Gasteiger partial charge < -0.3 is 10.5 Å². The van der Waals surface area contributed by atoms with Gasteiger partial charge >= 0.3 is 0 Å². The van der Waals surface area contributed by atoms with E-state index in [2.05, 4.69) is 4.72 Å². The van der Waals surface area contributed by atoms with Gasteiger partial charge in [0.05, 0.1) is 12.7 Å². The molecule has 1 aromatic rings. The molecule has 0 heterocycles. The summed E-state index contributed by atoms with van der Waals surface area (Å²) in [5, 5.41) is 0. The van der Waals surface area contributed by atoms with E-state index in [1.165, 1.54) is 6.07 Å². The number of nitrogen functional groups attached to an aromatic ring is 1. The molecule has 0 amide bonds. The van der Waals surface area contributed by atoms with Crippen molar-refractivity contribution >= 4 is 15.7 Å². The average Bonchev–Trinajstić information content (AvgIpc) is 2.27. The van der Waals surface area contributed by atoms with Crippen molar-refractivity contribution in [2.24, 2.45) is 0 Å². The quantitative estimate of drug-likeness (QED) is 0.602. The van der Waals surface area contributed by atoms with Crippen LogP contribution in [0.4, 0.5) is 10.1 Å². The highest BCUT2D eigenvalue weighted by Gasteiger charge is 2.18. The lowest BCUT2D eigenvalue weighted by molar-refractivity contribution is 0.0834. The molecule has 1 aromatic carbocycles. The van der Waals surface area contributed by atoms with Crippen LogP contribution in [0.15, 0.2) is 23.1 Å². The molecule has 0 aromatic heterocycles. The number of nitrogens with one attached hydrogen (secondary N) is 1. The number of hydrogen-bond donors (Lipinski definition) is 2. The Kier molecular flexibility index (Phi) is 5.06. The first-order valence-electron chi connectivity index (χ1n) is 5.49. The molecular weight excluding hydrogens is 259 g/mol. The lowest BCUT2D eigenvalue weighted by Crippen LogP contribution is -2.29. The molecule has 1 rings (SSSR count). The summed E-state index contributed by atoms with van der Waals surface area (Å²) >= 11 is 0. The lowest BCUT2D eigenvalue weighted by Gasteiger charge is -2.10. The number of sulfonamides is 1. The highest BCUT2D eigenvalue weighted by atomic mass is 32.2. The second-order valence-corrected chi connectivity index (χ2v) is 5.74. The van der Waals surface area contributed by atoms with Crippen LogP contribution in [-0.2, 0) is 14.8 Å². The largest absolute Gasteiger partial charge is 0.399 e. The van der Waals surface area contributed by atoms with Crippen LogP contribution >= 0.6 is 0 Å². The Balaban J connectivity index is 2.71. The molecule has 0 spiro atoms. The van der Waals surface area contributed by atoms with E-state index in [9.17, 15) is 12.8 Å². The number of hydrogen-bond acceptors (Lipinski definition) is 4. The van der Waals surface area contributed by atoms with Crippen LogP contribution in [0.3, 0.4) is 0 Å². The third kappa shape index (κ3) is 4.25. The van der Waals surface area contributed by atoms with Crippen molar-refractivity contribution in [2.45, 2.75) is 24.8 Å². The maximum Gasteiger partial charge on any atom is 0.243 e. The van der Waals surface area contributed by atoms with Crippen molar-refractivity contribution < 1.29 is 17.5 Å². The van der Waals surface area contributed by atoms with Gasteiger partial charge in [-0.3, -0.25) is 0 Å². The number of benzene rings is 1. The van der Waals surface area contributed by atoms with E-state index < -0.39 is 20.7 Å². The van der Waals surface area contributed by atoms with Crippen LogP contribution in [0.1, 0.15) is 13.8 Å². The molecular formula is C11H17FN2O3S. The van der Waals surface area contributed by atoms with E-state index in [0.29, 0.717) is 0 Å². The molecule has 0 aliphatic rings. The predicted octanol–water partition coefficient (Wildman–Crippen LogP) is 1.11. The summed E-state index contributed by atoms with van der Waals surface area (Å²) in [7, 11) is -3.90. The molecule has 102 valence electrons. The van der Waals surface area contributed by atoms with Crippen molar-refractivity contribution in [3.05, 3.63) is 24.0 Å². The van der Waals surface area contributed by atoms with Gasteiger partial charge in [0.15, 0.2) is 0 Å². The Bertz CT molecular complexity index is 503. The SMILES string of the molecule is CC(C)OCCNS(=O)(=O)c1cc(N)ccc1F. The van der Waals surface area contributed by atoms with Gasteiger partial charge in [-0.25, -0.2) is 17.5 Å². The first-order chi connectivity index (χ1) is 8.33. The highest BCUT2D eigenvalue weighted by molar-refractivity contribution is 7.89. The van der Waals surface area contributed by atoms with Gasteiger partial charge in [0.1, 0.15) is 10.7 Å². The summed E-state index contributed by atoms with van der Waals surface area (Å²) in [5.41, 5.74) is 5.63. The van der Waals surface area contributed by atoms with Gasteiger partial charge in [-0.05, 0) is 32.0 Å². The minimum absolute atomic E-state index is 0.0126. The number of anilines is 1. The van der Waals surface area contributed by atoms with E-state index in [1.54, 1.807) is 0 Å². The summed E-state index contributed by atoms with van der Waals surface area (Å²) < 4.78 is 44.4. The Labute approximate surface area is 106 Å². The molecule has 0 radical (unpaired) electrons. The third-order valence-electron chi connectivity index (χ3n) is 2.09. The second-order valence-electron chi connectivity index (χ2n) is 4.01. The number of nitrogens with two attached hydrogens (primary N) is 1. The minimum atomic E-state index is -3.90. The van der Waals surface area contributed by atoms with Gasteiger partial charge in [-0.2, -0.15) is 0 Å². The molecule has 0 unspecified atom stereocenters. The zero-order valence-electron chi connectivity index (χ0n) is 10.3. The van der Waals surface area contributed by atoms with Crippen LogP contribution in [0.5, 0.6) is 0 Å². The maximum atomic E-state index is 13.4. The standard InChI is InChI=1S/C11H17FN2O3S/c1-8(2)17-6-5-14-18(15,16)11-7-9(13)3-4-10(11)12/h3-4,7-8,14H,5-6,13H2,1-2H3. The van der Waals surface area contributed by atoms with Gasteiger partial charge in [0.2, 0.25) is 10.0 Å². The minimum Gasteiger partial charge on any atom is -0.399 e. The summed E-state index contributed by atoms with van der Waals surface area (Å²) in [6.07, 6.45) is 0.0126. The smallest absolute Gasteiger partial charge is 0.243 e. The maximum absolute atomic E-state index is 13.4. The zero-order chi connectivity index (χ0) is 13.8. The van der Waals surface area contributed by atoms with Crippen molar-refractivity contribution in [1.29, 1.82) is 0 Å².